The summed E-state index contributed by atoms with van der Waals surface area (Å²) in [6.07, 6.45) is 6.44. The van der Waals surface area contributed by atoms with Gasteiger partial charge in [0.15, 0.2) is 0 Å². The second-order valence-corrected chi connectivity index (χ2v) is 5.41. The van der Waals surface area contributed by atoms with Gasteiger partial charge in [-0.15, -0.1) is 0 Å². The monoisotopic (exact) mass is 338 g/mol. The van der Waals surface area contributed by atoms with Gasteiger partial charge >= 0.3 is 0 Å². The van der Waals surface area contributed by atoms with Crippen LogP contribution in [0, 0.1) is 11.6 Å². The van der Waals surface area contributed by atoms with Crippen molar-refractivity contribution in [3.63, 3.8) is 0 Å². The minimum absolute atomic E-state index is 0.0938. The molecule has 4 aromatic rings. The topological polar surface area (TPSA) is 96.3 Å². The molecule has 1 aromatic carbocycles. The minimum atomic E-state index is -0.546. The fourth-order valence-electron chi connectivity index (χ4n) is 2.53. The maximum absolute atomic E-state index is 13.9. The standard InChI is InChI=1S/C17H12F2N6/c18-11-1-2-14(19)12(4-11)15-8-22-17(25-15)13-3-9(5-21-16(13)20)10-6-23-24-7-10/h1-8H,(H2,20,21)(H,22,25)(H,23,24). The fourth-order valence-corrected chi connectivity index (χ4v) is 2.53. The summed E-state index contributed by atoms with van der Waals surface area (Å²) >= 11 is 0. The van der Waals surface area contributed by atoms with Crippen LogP contribution in [0.1, 0.15) is 0 Å². The van der Waals surface area contributed by atoms with E-state index < -0.39 is 11.6 Å². The molecule has 25 heavy (non-hydrogen) atoms. The summed E-state index contributed by atoms with van der Waals surface area (Å²) in [5.74, 6) is -0.396. The van der Waals surface area contributed by atoms with Crippen molar-refractivity contribution in [2.75, 3.05) is 5.73 Å². The van der Waals surface area contributed by atoms with E-state index >= 15 is 0 Å². The Morgan fingerprint density at radius 2 is 1.80 bits per heavy atom. The van der Waals surface area contributed by atoms with Crippen LogP contribution in [0.2, 0.25) is 0 Å². The molecule has 3 aromatic heterocycles. The Hall–Kier alpha value is -3.55. The third-order valence-corrected chi connectivity index (χ3v) is 3.80. The number of H-pyrrole nitrogens is 2. The molecule has 0 bridgehead atoms. The summed E-state index contributed by atoms with van der Waals surface area (Å²) in [6, 6.07) is 5.04. The third-order valence-electron chi connectivity index (χ3n) is 3.80. The second-order valence-electron chi connectivity index (χ2n) is 5.41. The van der Waals surface area contributed by atoms with Crippen LogP contribution in [0.3, 0.4) is 0 Å². The first kappa shape index (κ1) is 15.0. The van der Waals surface area contributed by atoms with E-state index in [4.69, 9.17) is 5.73 Å². The van der Waals surface area contributed by atoms with E-state index in [-0.39, 0.29) is 11.4 Å². The van der Waals surface area contributed by atoms with Gasteiger partial charge in [0.25, 0.3) is 0 Å². The van der Waals surface area contributed by atoms with Crippen LogP contribution in [0.25, 0.3) is 33.8 Å². The van der Waals surface area contributed by atoms with Crippen LogP contribution in [0.5, 0.6) is 0 Å². The lowest BCUT2D eigenvalue weighted by Crippen LogP contribution is -1.96. The molecule has 0 aliphatic heterocycles. The van der Waals surface area contributed by atoms with E-state index in [9.17, 15) is 8.78 Å². The normalized spacial score (nSPS) is 11.0. The van der Waals surface area contributed by atoms with Gasteiger partial charge in [0.1, 0.15) is 23.3 Å². The molecule has 0 unspecified atom stereocenters. The van der Waals surface area contributed by atoms with Gasteiger partial charge in [-0.25, -0.2) is 18.7 Å². The van der Waals surface area contributed by atoms with E-state index in [1.165, 1.54) is 6.20 Å². The highest BCUT2D eigenvalue weighted by Crippen LogP contribution is 2.30. The molecule has 4 N–H and O–H groups in total. The Balaban J connectivity index is 1.78. The lowest BCUT2D eigenvalue weighted by molar-refractivity contribution is 0.603. The van der Waals surface area contributed by atoms with Crippen molar-refractivity contribution < 1.29 is 8.78 Å². The van der Waals surface area contributed by atoms with Gasteiger partial charge in [-0.1, -0.05) is 0 Å². The van der Waals surface area contributed by atoms with Gasteiger partial charge in [0.2, 0.25) is 0 Å². The molecule has 0 amide bonds. The molecule has 3 heterocycles. The van der Waals surface area contributed by atoms with E-state index in [1.807, 2.05) is 0 Å². The summed E-state index contributed by atoms with van der Waals surface area (Å²) in [7, 11) is 0. The number of aromatic nitrogens is 5. The number of nitrogen functional groups attached to an aromatic ring is 1. The first-order valence-corrected chi connectivity index (χ1v) is 7.37. The van der Waals surface area contributed by atoms with E-state index in [1.54, 1.807) is 24.7 Å². The lowest BCUT2D eigenvalue weighted by atomic mass is 10.1. The molecule has 0 saturated heterocycles. The largest absolute Gasteiger partial charge is 0.383 e. The number of nitrogens with two attached hydrogens (primary N) is 1. The fraction of sp³-hybridized carbons (Fsp3) is 0. The zero-order chi connectivity index (χ0) is 17.4. The van der Waals surface area contributed by atoms with Gasteiger partial charge in [-0.3, -0.25) is 5.10 Å². The van der Waals surface area contributed by atoms with Crippen LogP contribution in [-0.4, -0.2) is 25.1 Å². The van der Waals surface area contributed by atoms with Gasteiger partial charge in [0.05, 0.1) is 23.7 Å². The number of imidazole rings is 1. The maximum Gasteiger partial charge on any atom is 0.141 e. The number of halogens is 2. The average molecular weight is 338 g/mol. The zero-order valence-corrected chi connectivity index (χ0v) is 12.8. The molecule has 124 valence electrons. The van der Waals surface area contributed by atoms with Crippen LogP contribution < -0.4 is 5.73 Å². The van der Waals surface area contributed by atoms with Crippen LogP contribution >= 0.6 is 0 Å². The number of hydrogen-bond donors (Lipinski definition) is 3. The Bertz CT molecular complexity index is 1040. The van der Waals surface area contributed by atoms with Crippen molar-refractivity contribution >= 4 is 5.82 Å². The predicted octanol–water partition coefficient (Wildman–Crippen LogP) is 3.39. The van der Waals surface area contributed by atoms with Crippen LogP contribution in [0.15, 0.2) is 49.1 Å². The molecular weight excluding hydrogens is 326 g/mol. The van der Waals surface area contributed by atoms with Crippen LogP contribution in [0.4, 0.5) is 14.6 Å². The number of anilines is 1. The maximum atomic E-state index is 13.9. The number of pyridine rings is 1. The number of rotatable bonds is 3. The van der Waals surface area contributed by atoms with Crippen molar-refractivity contribution in [2.45, 2.75) is 0 Å². The molecule has 0 atom stereocenters. The van der Waals surface area contributed by atoms with Gasteiger partial charge in [-0.05, 0) is 24.3 Å². The molecule has 0 spiro atoms. The van der Waals surface area contributed by atoms with Crippen molar-refractivity contribution in [1.29, 1.82) is 0 Å². The van der Waals surface area contributed by atoms with Crippen molar-refractivity contribution in [1.82, 2.24) is 25.1 Å². The molecule has 0 aliphatic rings. The van der Waals surface area contributed by atoms with Crippen LogP contribution in [-0.2, 0) is 0 Å². The summed E-state index contributed by atoms with van der Waals surface area (Å²) in [5, 5.41) is 6.63. The minimum Gasteiger partial charge on any atom is -0.383 e. The first-order valence-electron chi connectivity index (χ1n) is 7.37. The van der Waals surface area contributed by atoms with E-state index in [0.717, 1.165) is 29.3 Å². The molecular formula is C17H12F2N6. The SMILES string of the molecule is Nc1ncc(-c2cn[nH]c2)cc1-c1ncc(-c2cc(F)ccc2F)[nH]1. The predicted molar refractivity (Wildman–Crippen MR) is 89.2 cm³/mol. The summed E-state index contributed by atoms with van der Waals surface area (Å²) in [4.78, 5) is 11.4. The molecule has 0 aliphatic carbocycles. The Kier molecular flexibility index (Phi) is 3.50. The molecule has 8 heteroatoms. The molecule has 0 saturated carbocycles. The van der Waals surface area contributed by atoms with Gasteiger partial charge < -0.3 is 10.7 Å². The molecule has 6 nitrogen and oxygen atoms in total. The number of aromatic amines is 2. The second kappa shape index (κ2) is 5.82. The molecule has 0 radical (unpaired) electrons. The van der Waals surface area contributed by atoms with Gasteiger partial charge in [-0.2, -0.15) is 5.10 Å². The number of nitrogens with zero attached hydrogens (tertiary/aromatic N) is 3. The van der Waals surface area contributed by atoms with Crippen molar-refractivity contribution in [3.8, 4) is 33.8 Å². The van der Waals surface area contributed by atoms with E-state index in [2.05, 4.69) is 25.1 Å². The smallest absolute Gasteiger partial charge is 0.141 e. The molecule has 4 rings (SSSR count). The number of nitrogens with one attached hydrogen (secondary N) is 2. The summed E-state index contributed by atoms with van der Waals surface area (Å²) < 4.78 is 27.3. The summed E-state index contributed by atoms with van der Waals surface area (Å²) in [5.41, 5.74) is 8.59. The average Bonchev–Trinajstić information content (AvgIpc) is 3.29. The zero-order valence-electron chi connectivity index (χ0n) is 12.8. The lowest BCUT2D eigenvalue weighted by Gasteiger charge is -2.05. The Morgan fingerprint density at radius 3 is 2.60 bits per heavy atom. The van der Waals surface area contributed by atoms with Crippen molar-refractivity contribution in [3.05, 3.63) is 60.7 Å². The quantitative estimate of drug-likeness (QED) is 0.533. The Morgan fingerprint density at radius 1 is 0.920 bits per heavy atom. The highest BCUT2D eigenvalue weighted by atomic mass is 19.1. The van der Waals surface area contributed by atoms with E-state index in [0.29, 0.717) is 17.1 Å². The highest BCUT2D eigenvalue weighted by Gasteiger charge is 2.14. The van der Waals surface area contributed by atoms with Gasteiger partial charge in [0, 0.05) is 29.1 Å². The third kappa shape index (κ3) is 2.74. The van der Waals surface area contributed by atoms with Crippen molar-refractivity contribution in [2.24, 2.45) is 0 Å². The number of hydrogen-bond acceptors (Lipinski definition) is 4. The summed E-state index contributed by atoms with van der Waals surface area (Å²) in [6.45, 7) is 0. The number of benzene rings is 1. The Labute approximate surface area is 140 Å². The first-order chi connectivity index (χ1) is 12.1. The highest BCUT2D eigenvalue weighted by molar-refractivity contribution is 5.76. The molecule has 0 fully saturated rings.